The van der Waals surface area contributed by atoms with Crippen LogP contribution in [0.25, 0.3) is 22.8 Å². The number of nitrogens with two attached hydrogens (primary N) is 1. The van der Waals surface area contributed by atoms with E-state index in [9.17, 15) is 0 Å². The standard InChI is InChI=1S/C21H22N6O4S/c1-4-30-14-7-5-13(6-8-14)20-24-25-21(27(20)22)32-12-18-23-19(26-31-18)16-10-9-15(28-2)11-17(16)29-3/h5-11H,4,12,22H2,1-3H3. The maximum Gasteiger partial charge on any atom is 0.237 e. The second-order valence-corrected chi connectivity index (χ2v) is 7.44. The highest BCUT2D eigenvalue weighted by atomic mass is 32.2. The first-order chi connectivity index (χ1) is 15.6. The molecule has 0 aliphatic carbocycles. The Morgan fingerprint density at radius 1 is 1.03 bits per heavy atom. The zero-order valence-electron chi connectivity index (χ0n) is 17.8. The molecule has 2 aromatic carbocycles. The number of benzene rings is 2. The fourth-order valence-electron chi connectivity index (χ4n) is 2.97. The van der Waals surface area contributed by atoms with Gasteiger partial charge in [0.15, 0.2) is 5.82 Å². The molecule has 32 heavy (non-hydrogen) atoms. The van der Waals surface area contributed by atoms with Crippen LogP contribution in [0.3, 0.4) is 0 Å². The van der Waals surface area contributed by atoms with Crippen molar-refractivity contribution in [3.05, 3.63) is 48.4 Å². The van der Waals surface area contributed by atoms with Crippen LogP contribution in [-0.2, 0) is 5.75 Å². The average molecular weight is 455 g/mol. The molecule has 2 N–H and O–H groups in total. The van der Waals surface area contributed by atoms with Crippen molar-refractivity contribution >= 4 is 11.8 Å². The highest BCUT2D eigenvalue weighted by Gasteiger charge is 2.17. The summed E-state index contributed by atoms with van der Waals surface area (Å²) in [5.74, 6) is 10.0. The molecule has 0 saturated heterocycles. The first-order valence-electron chi connectivity index (χ1n) is 9.74. The topological polar surface area (TPSA) is 123 Å². The zero-order chi connectivity index (χ0) is 22.5. The summed E-state index contributed by atoms with van der Waals surface area (Å²) in [5.41, 5.74) is 1.54. The van der Waals surface area contributed by atoms with Gasteiger partial charge in [-0.1, -0.05) is 16.9 Å². The van der Waals surface area contributed by atoms with E-state index in [-0.39, 0.29) is 0 Å². The average Bonchev–Trinajstić information content (AvgIpc) is 3.44. The van der Waals surface area contributed by atoms with Crippen molar-refractivity contribution in [2.24, 2.45) is 0 Å². The summed E-state index contributed by atoms with van der Waals surface area (Å²) in [6, 6.07) is 12.9. The Balaban J connectivity index is 1.46. The van der Waals surface area contributed by atoms with E-state index in [0.29, 0.717) is 52.1 Å². The van der Waals surface area contributed by atoms with Crippen LogP contribution in [0.1, 0.15) is 12.8 Å². The summed E-state index contributed by atoms with van der Waals surface area (Å²) in [6.07, 6.45) is 0. The minimum absolute atomic E-state index is 0.379. The van der Waals surface area contributed by atoms with Gasteiger partial charge in [-0.25, -0.2) is 4.68 Å². The van der Waals surface area contributed by atoms with Gasteiger partial charge in [0.05, 0.1) is 32.1 Å². The Hall–Kier alpha value is -3.73. The van der Waals surface area contributed by atoms with Crippen LogP contribution in [0.2, 0.25) is 0 Å². The molecule has 166 valence electrons. The number of methoxy groups -OCH3 is 2. The highest BCUT2D eigenvalue weighted by molar-refractivity contribution is 7.98. The lowest BCUT2D eigenvalue weighted by Gasteiger charge is -2.07. The molecule has 2 heterocycles. The Bertz CT molecular complexity index is 1190. The molecular formula is C21H22N6O4S. The number of hydrogen-bond acceptors (Lipinski definition) is 10. The van der Waals surface area contributed by atoms with Gasteiger partial charge in [0.25, 0.3) is 0 Å². The van der Waals surface area contributed by atoms with E-state index in [1.54, 1.807) is 20.3 Å². The van der Waals surface area contributed by atoms with Crippen LogP contribution in [0.15, 0.2) is 52.1 Å². The van der Waals surface area contributed by atoms with Gasteiger partial charge in [-0.3, -0.25) is 0 Å². The second-order valence-electron chi connectivity index (χ2n) is 6.50. The largest absolute Gasteiger partial charge is 0.497 e. The molecule has 0 aliphatic rings. The number of ether oxygens (including phenoxy) is 3. The van der Waals surface area contributed by atoms with Gasteiger partial charge in [-0.2, -0.15) is 4.98 Å². The van der Waals surface area contributed by atoms with Crippen LogP contribution in [0, 0.1) is 0 Å². The van der Waals surface area contributed by atoms with E-state index in [2.05, 4.69) is 20.3 Å². The Morgan fingerprint density at radius 2 is 1.81 bits per heavy atom. The summed E-state index contributed by atoms with van der Waals surface area (Å²) >= 11 is 1.34. The number of aromatic nitrogens is 5. The molecule has 0 atom stereocenters. The quantitative estimate of drug-likeness (QED) is 0.297. The maximum absolute atomic E-state index is 6.20. The van der Waals surface area contributed by atoms with Crippen molar-refractivity contribution in [1.82, 2.24) is 25.0 Å². The molecule has 0 spiro atoms. The molecule has 0 aliphatic heterocycles. The van der Waals surface area contributed by atoms with Crippen molar-refractivity contribution in [3.63, 3.8) is 0 Å². The lowest BCUT2D eigenvalue weighted by molar-refractivity contribution is 0.340. The van der Waals surface area contributed by atoms with Gasteiger partial charge in [0, 0.05) is 11.6 Å². The van der Waals surface area contributed by atoms with Gasteiger partial charge < -0.3 is 24.6 Å². The number of hydrogen-bond donors (Lipinski definition) is 1. The van der Waals surface area contributed by atoms with Gasteiger partial charge in [-0.05, 0) is 43.3 Å². The third-order valence-electron chi connectivity index (χ3n) is 4.53. The smallest absolute Gasteiger partial charge is 0.237 e. The third kappa shape index (κ3) is 4.47. The fourth-order valence-corrected chi connectivity index (χ4v) is 3.67. The number of nitrogens with zero attached hydrogens (tertiary/aromatic N) is 5. The lowest BCUT2D eigenvalue weighted by atomic mass is 10.2. The van der Waals surface area contributed by atoms with E-state index < -0.39 is 0 Å². The SMILES string of the molecule is CCOc1ccc(-c2nnc(SCc3nc(-c4ccc(OC)cc4OC)no3)n2N)cc1. The molecule has 0 radical (unpaired) electrons. The van der Waals surface area contributed by atoms with E-state index in [1.165, 1.54) is 16.4 Å². The monoisotopic (exact) mass is 454 g/mol. The first-order valence-corrected chi connectivity index (χ1v) is 10.7. The molecule has 0 bridgehead atoms. The Labute approximate surface area is 188 Å². The van der Waals surface area contributed by atoms with Crippen LogP contribution in [0.4, 0.5) is 0 Å². The zero-order valence-corrected chi connectivity index (χ0v) is 18.6. The summed E-state index contributed by atoms with van der Waals surface area (Å²) in [6.45, 7) is 2.55. The molecule has 0 amide bonds. The van der Waals surface area contributed by atoms with Crippen molar-refractivity contribution in [2.45, 2.75) is 17.8 Å². The maximum atomic E-state index is 6.20. The summed E-state index contributed by atoms with van der Waals surface area (Å²) < 4.78 is 22.9. The second kappa shape index (κ2) is 9.60. The molecule has 0 saturated carbocycles. The minimum Gasteiger partial charge on any atom is -0.497 e. The Morgan fingerprint density at radius 3 is 2.53 bits per heavy atom. The minimum atomic E-state index is 0.379. The third-order valence-corrected chi connectivity index (χ3v) is 5.46. The van der Waals surface area contributed by atoms with Crippen molar-refractivity contribution < 1.29 is 18.7 Å². The summed E-state index contributed by atoms with van der Waals surface area (Å²) in [5, 5.41) is 12.9. The molecular weight excluding hydrogens is 432 g/mol. The van der Waals surface area contributed by atoms with Gasteiger partial charge in [0.2, 0.25) is 16.9 Å². The van der Waals surface area contributed by atoms with Gasteiger partial charge >= 0.3 is 0 Å². The number of rotatable bonds is 9. The lowest BCUT2D eigenvalue weighted by Crippen LogP contribution is -2.11. The van der Waals surface area contributed by atoms with Crippen LogP contribution >= 0.6 is 11.8 Å². The van der Waals surface area contributed by atoms with E-state index in [0.717, 1.165) is 11.3 Å². The normalized spacial score (nSPS) is 10.8. The number of nitrogen functional groups attached to an aromatic ring is 1. The predicted octanol–water partition coefficient (Wildman–Crippen LogP) is 3.42. The first kappa shape index (κ1) is 21.5. The molecule has 0 unspecified atom stereocenters. The van der Waals surface area contributed by atoms with Crippen molar-refractivity contribution in [1.29, 1.82) is 0 Å². The molecule has 10 nitrogen and oxygen atoms in total. The van der Waals surface area contributed by atoms with Crippen LogP contribution in [0.5, 0.6) is 17.2 Å². The van der Waals surface area contributed by atoms with E-state index in [4.69, 9.17) is 24.6 Å². The van der Waals surface area contributed by atoms with E-state index >= 15 is 0 Å². The predicted molar refractivity (Wildman–Crippen MR) is 119 cm³/mol. The Kier molecular flexibility index (Phi) is 6.45. The molecule has 2 aromatic heterocycles. The summed E-state index contributed by atoms with van der Waals surface area (Å²) in [7, 11) is 3.17. The van der Waals surface area contributed by atoms with Crippen molar-refractivity contribution in [3.8, 4) is 40.0 Å². The molecule has 0 fully saturated rings. The number of thioether (sulfide) groups is 1. The molecule has 4 rings (SSSR count). The molecule has 11 heteroatoms. The fraction of sp³-hybridized carbons (Fsp3) is 0.238. The molecule has 4 aromatic rings. The van der Waals surface area contributed by atoms with Gasteiger partial charge in [0.1, 0.15) is 17.2 Å². The van der Waals surface area contributed by atoms with Crippen LogP contribution < -0.4 is 20.1 Å². The summed E-state index contributed by atoms with van der Waals surface area (Å²) in [4.78, 5) is 4.45. The van der Waals surface area contributed by atoms with Gasteiger partial charge in [-0.15, -0.1) is 10.2 Å². The van der Waals surface area contributed by atoms with Crippen molar-refractivity contribution in [2.75, 3.05) is 26.7 Å². The highest BCUT2D eigenvalue weighted by Crippen LogP contribution is 2.32. The van der Waals surface area contributed by atoms with E-state index in [1.807, 2.05) is 43.3 Å². The van der Waals surface area contributed by atoms with Crippen LogP contribution in [-0.4, -0.2) is 45.8 Å².